The van der Waals surface area contributed by atoms with Gasteiger partial charge in [-0.1, -0.05) is 20.3 Å². The predicted molar refractivity (Wildman–Crippen MR) is 82.8 cm³/mol. The zero-order valence-electron chi connectivity index (χ0n) is 12.5. The Morgan fingerprint density at radius 2 is 2.00 bits per heavy atom. The number of rotatable bonds is 7. The molecular formula is C16H21N3O2. The van der Waals surface area contributed by atoms with Crippen LogP contribution in [-0.2, 0) is 6.42 Å². The van der Waals surface area contributed by atoms with Gasteiger partial charge in [-0.15, -0.1) is 0 Å². The summed E-state index contributed by atoms with van der Waals surface area (Å²) in [5.41, 5.74) is 1.61. The first-order chi connectivity index (χ1) is 10.2. The van der Waals surface area contributed by atoms with Crippen LogP contribution < -0.4 is 10.1 Å². The fraction of sp³-hybridized carbons (Fsp3) is 0.375. The Bertz CT molecular complexity index is 575. The lowest BCUT2D eigenvalue weighted by molar-refractivity contribution is 0.102. The summed E-state index contributed by atoms with van der Waals surface area (Å²) in [7, 11) is 0. The van der Waals surface area contributed by atoms with E-state index in [0.29, 0.717) is 18.0 Å². The average Bonchev–Trinajstić information content (AvgIpc) is 2.93. The number of carbonyl (C=O) groups excluding carboxylic acids is 1. The van der Waals surface area contributed by atoms with Gasteiger partial charge in [-0.05, 0) is 37.1 Å². The molecule has 1 heterocycles. The fourth-order valence-corrected chi connectivity index (χ4v) is 1.93. The van der Waals surface area contributed by atoms with Crippen molar-refractivity contribution in [2.75, 3.05) is 11.9 Å². The third-order valence-electron chi connectivity index (χ3n) is 2.98. The van der Waals surface area contributed by atoms with Crippen molar-refractivity contribution >= 4 is 11.7 Å². The Hall–Kier alpha value is -2.30. The molecule has 1 aromatic carbocycles. The lowest BCUT2D eigenvalue weighted by Crippen LogP contribution is -2.12. The molecule has 0 aliphatic carbocycles. The van der Waals surface area contributed by atoms with E-state index in [-0.39, 0.29) is 5.91 Å². The van der Waals surface area contributed by atoms with E-state index in [1.54, 1.807) is 24.3 Å². The minimum absolute atomic E-state index is 0.174. The molecule has 21 heavy (non-hydrogen) atoms. The number of anilines is 1. The Labute approximate surface area is 124 Å². The second-order valence-electron chi connectivity index (χ2n) is 4.86. The summed E-state index contributed by atoms with van der Waals surface area (Å²) < 4.78 is 5.49. The summed E-state index contributed by atoms with van der Waals surface area (Å²) in [6.07, 6.45) is 2.92. The number of amides is 1. The van der Waals surface area contributed by atoms with Crippen molar-refractivity contribution in [2.24, 2.45) is 0 Å². The number of H-pyrrole nitrogens is 1. The van der Waals surface area contributed by atoms with Crippen LogP contribution in [0.1, 0.15) is 42.7 Å². The molecule has 0 spiro atoms. The van der Waals surface area contributed by atoms with Gasteiger partial charge in [0.1, 0.15) is 5.75 Å². The summed E-state index contributed by atoms with van der Waals surface area (Å²) in [5.74, 6) is 1.15. The van der Waals surface area contributed by atoms with Crippen molar-refractivity contribution in [1.82, 2.24) is 10.2 Å². The molecule has 5 nitrogen and oxygen atoms in total. The van der Waals surface area contributed by atoms with Gasteiger partial charge in [-0.3, -0.25) is 9.89 Å². The van der Waals surface area contributed by atoms with Gasteiger partial charge in [0.25, 0.3) is 5.91 Å². The van der Waals surface area contributed by atoms with Crippen molar-refractivity contribution in [3.05, 3.63) is 41.6 Å². The largest absolute Gasteiger partial charge is 0.494 e. The molecule has 0 saturated carbocycles. The van der Waals surface area contributed by atoms with Crippen molar-refractivity contribution in [3.8, 4) is 5.75 Å². The highest BCUT2D eigenvalue weighted by Gasteiger charge is 2.08. The monoisotopic (exact) mass is 287 g/mol. The Balaban J connectivity index is 1.95. The maximum absolute atomic E-state index is 12.1. The number of aromatic nitrogens is 2. The molecule has 0 radical (unpaired) electrons. The van der Waals surface area contributed by atoms with Crippen LogP contribution in [0.5, 0.6) is 5.75 Å². The van der Waals surface area contributed by atoms with Crippen LogP contribution in [0, 0.1) is 0 Å². The van der Waals surface area contributed by atoms with E-state index in [9.17, 15) is 4.79 Å². The summed E-state index contributed by atoms with van der Waals surface area (Å²) >= 11 is 0. The molecule has 112 valence electrons. The summed E-state index contributed by atoms with van der Waals surface area (Å²) in [6, 6.07) is 8.97. The summed E-state index contributed by atoms with van der Waals surface area (Å²) in [5, 5.41) is 9.77. The molecule has 0 aliphatic heterocycles. The van der Waals surface area contributed by atoms with E-state index in [0.717, 1.165) is 30.7 Å². The summed E-state index contributed by atoms with van der Waals surface area (Å²) in [6.45, 7) is 4.83. The first kappa shape index (κ1) is 15.1. The highest BCUT2D eigenvalue weighted by Crippen LogP contribution is 2.14. The lowest BCUT2D eigenvalue weighted by atomic mass is 10.2. The molecule has 1 amide bonds. The maximum Gasteiger partial charge on any atom is 0.256 e. The van der Waals surface area contributed by atoms with E-state index in [4.69, 9.17) is 4.74 Å². The van der Waals surface area contributed by atoms with Gasteiger partial charge in [0.2, 0.25) is 0 Å². The first-order valence-corrected chi connectivity index (χ1v) is 7.31. The topological polar surface area (TPSA) is 67.0 Å². The van der Waals surface area contributed by atoms with Crippen LogP contribution in [0.4, 0.5) is 5.82 Å². The molecule has 0 atom stereocenters. The molecule has 5 heteroatoms. The average molecular weight is 287 g/mol. The van der Waals surface area contributed by atoms with Gasteiger partial charge in [-0.2, -0.15) is 5.10 Å². The Morgan fingerprint density at radius 3 is 2.67 bits per heavy atom. The van der Waals surface area contributed by atoms with Crippen LogP contribution in [0.25, 0.3) is 0 Å². The van der Waals surface area contributed by atoms with Crippen molar-refractivity contribution in [2.45, 2.75) is 33.1 Å². The quantitative estimate of drug-likeness (QED) is 0.820. The smallest absolute Gasteiger partial charge is 0.256 e. The molecule has 0 aliphatic rings. The molecule has 0 fully saturated rings. The minimum atomic E-state index is -0.174. The number of benzene rings is 1. The lowest BCUT2D eigenvalue weighted by Gasteiger charge is -2.05. The molecule has 0 saturated heterocycles. The van der Waals surface area contributed by atoms with Crippen molar-refractivity contribution in [1.29, 1.82) is 0 Å². The van der Waals surface area contributed by atoms with Gasteiger partial charge in [0, 0.05) is 17.3 Å². The normalized spacial score (nSPS) is 10.4. The van der Waals surface area contributed by atoms with Crippen LogP contribution in [0.2, 0.25) is 0 Å². The third-order valence-corrected chi connectivity index (χ3v) is 2.98. The molecule has 0 bridgehead atoms. The third kappa shape index (κ3) is 4.34. The second kappa shape index (κ2) is 7.47. The SMILES string of the molecule is CCCOc1ccc(C(=O)Nc2cc(CCC)[nH]n2)cc1. The number of aromatic amines is 1. The van der Waals surface area contributed by atoms with E-state index in [2.05, 4.69) is 29.4 Å². The van der Waals surface area contributed by atoms with E-state index in [1.165, 1.54) is 0 Å². The van der Waals surface area contributed by atoms with Crippen LogP contribution in [0.3, 0.4) is 0 Å². The number of ether oxygens (including phenoxy) is 1. The zero-order chi connectivity index (χ0) is 15.1. The first-order valence-electron chi connectivity index (χ1n) is 7.31. The van der Waals surface area contributed by atoms with Crippen LogP contribution in [0.15, 0.2) is 30.3 Å². The van der Waals surface area contributed by atoms with Crippen molar-refractivity contribution < 1.29 is 9.53 Å². The molecule has 1 aromatic heterocycles. The predicted octanol–water partition coefficient (Wildman–Crippen LogP) is 3.40. The van der Waals surface area contributed by atoms with Gasteiger partial charge in [0.05, 0.1) is 6.61 Å². The second-order valence-corrected chi connectivity index (χ2v) is 4.86. The van der Waals surface area contributed by atoms with E-state index in [1.807, 2.05) is 6.07 Å². The zero-order valence-corrected chi connectivity index (χ0v) is 12.5. The van der Waals surface area contributed by atoms with Crippen LogP contribution >= 0.6 is 0 Å². The Kier molecular flexibility index (Phi) is 5.37. The molecule has 2 rings (SSSR count). The number of aryl methyl sites for hydroxylation is 1. The molecule has 2 aromatic rings. The number of carbonyl (C=O) groups is 1. The van der Waals surface area contributed by atoms with Gasteiger partial charge >= 0.3 is 0 Å². The van der Waals surface area contributed by atoms with Crippen molar-refractivity contribution in [3.63, 3.8) is 0 Å². The molecule has 0 unspecified atom stereocenters. The number of hydrogen-bond acceptors (Lipinski definition) is 3. The van der Waals surface area contributed by atoms with Gasteiger partial charge < -0.3 is 10.1 Å². The highest BCUT2D eigenvalue weighted by molar-refractivity contribution is 6.03. The Morgan fingerprint density at radius 1 is 1.24 bits per heavy atom. The maximum atomic E-state index is 12.1. The van der Waals surface area contributed by atoms with Crippen LogP contribution in [-0.4, -0.2) is 22.7 Å². The number of nitrogens with one attached hydrogen (secondary N) is 2. The molecular weight excluding hydrogens is 266 g/mol. The van der Waals surface area contributed by atoms with Gasteiger partial charge in [0.15, 0.2) is 5.82 Å². The van der Waals surface area contributed by atoms with Gasteiger partial charge in [-0.25, -0.2) is 0 Å². The molecule has 2 N–H and O–H groups in total. The standard InChI is InChI=1S/C16H21N3O2/c1-3-5-13-11-15(19-18-13)17-16(20)12-6-8-14(9-7-12)21-10-4-2/h6-9,11H,3-5,10H2,1-2H3,(H2,17,18,19,20). The highest BCUT2D eigenvalue weighted by atomic mass is 16.5. The number of nitrogens with zero attached hydrogens (tertiary/aromatic N) is 1. The minimum Gasteiger partial charge on any atom is -0.494 e. The van der Waals surface area contributed by atoms with E-state index < -0.39 is 0 Å². The van der Waals surface area contributed by atoms with E-state index >= 15 is 0 Å². The number of hydrogen-bond donors (Lipinski definition) is 2. The fourth-order valence-electron chi connectivity index (χ4n) is 1.93. The summed E-state index contributed by atoms with van der Waals surface area (Å²) in [4.78, 5) is 12.1.